The number of aromatic nitrogens is 4. The highest BCUT2D eigenvalue weighted by molar-refractivity contribution is 7.13. The van der Waals surface area contributed by atoms with Crippen LogP contribution in [0.25, 0.3) is 16.4 Å². The third kappa shape index (κ3) is 3.04. The van der Waals surface area contributed by atoms with Gasteiger partial charge in [-0.2, -0.15) is 10.1 Å². The molecule has 0 aliphatic heterocycles. The molecule has 0 aliphatic carbocycles. The van der Waals surface area contributed by atoms with Crippen molar-refractivity contribution in [3.8, 4) is 16.4 Å². The molecular formula is C16H12ClN5OS. The molecule has 1 aromatic carbocycles. The molecule has 3 heterocycles. The number of anilines is 1. The van der Waals surface area contributed by atoms with E-state index in [2.05, 4.69) is 20.6 Å². The third-order valence-corrected chi connectivity index (χ3v) is 4.52. The lowest BCUT2D eigenvalue weighted by Crippen LogP contribution is -2.01. The molecule has 3 aromatic heterocycles. The van der Waals surface area contributed by atoms with E-state index >= 15 is 0 Å². The molecule has 0 spiro atoms. The molecule has 0 amide bonds. The van der Waals surface area contributed by atoms with E-state index in [0.29, 0.717) is 23.3 Å². The van der Waals surface area contributed by atoms with Gasteiger partial charge in [0.25, 0.3) is 0 Å². The molecule has 0 radical (unpaired) electrons. The van der Waals surface area contributed by atoms with Gasteiger partial charge in [0.2, 0.25) is 11.7 Å². The van der Waals surface area contributed by atoms with Crippen molar-refractivity contribution in [2.45, 2.75) is 6.54 Å². The average Bonchev–Trinajstić information content (AvgIpc) is 3.33. The van der Waals surface area contributed by atoms with Gasteiger partial charge in [-0.15, -0.1) is 11.3 Å². The number of nitrogens with zero attached hydrogens (tertiary/aromatic N) is 4. The fourth-order valence-corrected chi connectivity index (χ4v) is 3.14. The van der Waals surface area contributed by atoms with Crippen LogP contribution in [-0.2, 0) is 6.54 Å². The lowest BCUT2D eigenvalue weighted by atomic mass is 10.2. The highest BCUT2D eigenvalue weighted by atomic mass is 35.5. The quantitative estimate of drug-likeness (QED) is 0.578. The summed E-state index contributed by atoms with van der Waals surface area (Å²) >= 11 is 7.90. The highest BCUT2D eigenvalue weighted by Crippen LogP contribution is 2.25. The Kier molecular flexibility index (Phi) is 4.02. The Morgan fingerprint density at radius 2 is 2.21 bits per heavy atom. The van der Waals surface area contributed by atoms with Crippen LogP contribution in [0.3, 0.4) is 0 Å². The molecule has 6 nitrogen and oxygen atoms in total. The van der Waals surface area contributed by atoms with Gasteiger partial charge in [-0.3, -0.25) is 0 Å². The van der Waals surface area contributed by atoms with Crippen LogP contribution in [0.1, 0.15) is 5.89 Å². The van der Waals surface area contributed by atoms with Gasteiger partial charge in [0.05, 0.1) is 22.1 Å². The first-order valence-electron chi connectivity index (χ1n) is 7.19. The number of hydrogen-bond acceptors (Lipinski definition) is 6. The minimum Gasteiger partial charge on any atom is -0.376 e. The van der Waals surface area contributed by atoms with Crippen molar-refractivity contribution in [3.63, 3.8) is 0 Å². The Hall–Kier alpha value is -2.64. The first-order chi connectivity index (χ1) is 11.8. The van der Waals surface area contributed by atoms with Crippen LogP contribution >= 0.6 is 22.9 Å². The Balaban J connectivity index is 1.45. The Bertz CT molecular complexity index is 933. The van der Waals surface area contributed by atoms with Gasteiger partial charge in [0.1, 0.15) is 0 Å². The highest BCUT2D eigenvalue weighted by Gasteiger charge is 2.10. The maximum absolute atomic E-state index is 6.32. The van der Waals surface area contributed by atoms with Crippen molar-refractivity contribution in [1.82, 2.24) is 19.9 Å². The fraction of sp³-hybridized carbons (Fsp3) is 0.0625. The first-order valence-corrected chi connectivity index (χ1v) is 8.45. The molecule has 0 bridgehead atoms. The largest absolute Gasteiger partial charge is 0.376 e. The predicted molar refractivity (Wildman–Crippen MR) is 93.5 cm³/mol. The smallest absolute Gasteiger partial charge is 0.246 e. The number of halogens is 1. The second kappa shape index (κ2) is 6.46. The van der Waals surface area contributed by atoms with E-state index in [1.165, 1.54) is 0 Å². The van der Waals surface area contributed by atoms with Crippen LogP contribution in [0.5, 0.6) is 0 Å². The molecular weight excluding hydrogens is 346 g/mol. The lowest BCUT2D eigenvalue weighted by Gasteiger charge is -2.08. The van der Waals surface area contributed by atoms with Crippen LogP contribution < -0.4 is 5.32 Å². The summed E-state index contributed by atoms with van der Waals surface area (Å²) in [6.45, 7) is 0.426. The minimum atomic E-state index is 0.426. The minimum absolute atomic E-state index is 0.426. The zero-order valence-electron chi connectivity index (χ0n) is 12.4. The summed E-state index contributed by atoms with van der Waals surface area (Å²) < 4.78 is 6.98. The zero-order valence-corrected chi connectivity index (χ0v) is 14.0. The van der Waals surface area contributed by atoms with Gasteiger partial charge in [0, 0.05) is 18.1 Å². The number of hydrogen-bond donors (Lipinski definition) is 1. The molecule has 4 rings (SSSR count). The summed E-state index contributed by atoms with van der Waals surface area (Å²) in [5.41, 5.74) is 1.69. The van der Waals surface area contributed by atoms with Crippen LogP contribution in [0.4, 0.5) is 5.69 Å². The summed E-state index contributed by atoms with van der Waals surface area (Å²) in [7, 11) is 0. The molecule has 0 saturated heterocycles. The number of benzene rings is 1. The fourth-order valence-electron chi connectivity index (χ4n) is 2.22. The SMILES string of the molecule is Clc1cc(NCc2nc(-c3cccs3)no2)ccc1-n1cccn1. The topological polar surface area (TPSA) is 68.8 Å². The predicted octanol–water partition coefficient (Wildman–Crippen LogP) is 4.25. The molecule has 0 fully saturated rings. The van der Waals surface area contributed by atoms with Crippen LogP contribution in [-0.4, -0.2) is 19.9 Å². The third-order valence-electron chi connectivity index (χ3n) is 3.35. The normalized spacial score (nSPS) is 10.9. The van der Waals surface area contributed by atoms with Crippen LogP contribution in [0, 0.1) is 0 Å². The molecule has 1 N–H and O–H groups in total. The molecule has 0 atom stereocenters. The number of thiophene rings is 1. The molecule has 0 unspecified atom stereocenters. The van der Waals surface area contributed by atoms with Gasteiger partial charge in [0.15, 0.2) is 0 Å². The van der Waals surface area contributed by atoms with Crippen molar-refractivity contribution in [2.24, 2.45) is 0 Å². The van der Waals surface area contributed by atoms with E-state index < -0.39 is 0 Å². The number of nitrogens with one attached hydrogen (secondary N) is 1. The molecule has 8 heteroatoms. The summed E-state index contributed by atoms with van der Waals surface area (Å²) in [4.78, 5) is 5.35. The molecule has 0 aliphatic rings. The van der Waals surface area contributed by atoms with Gasteiger partial charge in [-0.1, -0.05) is 22.8 Å². The second-order valence-corrected chi connectivity index (χ2v) is 6.31. The van der Waals surface area contributed by atoms with Crippen LogP contribution in [0.2, 0.25) is 5.02 Å². The summed E-state index contributed by atoms with van der Waals surface area (Å²) in [5, 5.41) is 14.0. The van der Waals surface area contributed by atoms with Gasteiger partial charge in [-0.05, 0) is 35.7 Å². The first kappa shape index (κ1) is 14.9. The van der Waals surface area contributed by atoms with E-state index in [-0.39, 0.29) is 0 Å². The van der Waals surface area contributed by atoms with Gasteiger partial charge >= 0.3 is 0 Å². The maximum atomic E-state index is 6.32. The lowest BCUT2D eigenvalue weighted by molar-refractivity contribution is 0.384. The van der Waals surface area contributed by atoms with E-state index in [1.54, 1.807) is 22.2 Å². The molecule has 0 saturated carbocycles. The van der Waals surface area contributed by atoms with E-state index in [4.69, 9.17) is 16.1 Å². The van der Waals surface area contributed by atoms with Crippen molar-refractivity contribution >= 4 is 28.6 Å². The van der Waals surface area contributed by atoms with Gasteiger partial charge in [-0.25, -0.2) is 4.68 Å². The monoisotopic (exact) mass is 357 g/mol. The summed E-state index contributed by atoms with van der Waals surface area (Å²) in [5.74, 6) is 1.12. The van der Waals surface area contributed by atoms with Crippen LogP contribution in [0.15, 0.2) is 58.7 Å². The zero-order chi connectivity index (χ0) is 16.4. The van der Waals surface area contributed by atoms with Crippen molar-refractivity contribution < 1.29 is 4.52 Å². The van der Waals surface area contributed by atoms with Crippen molar-refractivity contribution in [3.05, 3.63) is 65.1 Å². The Morgan fingerprint density at radius 1 is 1.25 bits per heavy atom. The standard InChI is InChI=1S/C16H12ClN5OS/c17-12-9-11(4-5-13(12)22-7-2-6-19-22)18-10-15-20-16(21-23-15)14-3-1-8-24-14/h1-9,18H,10H2. The van der Waals surface area contributed by atoms with Crippen molar-refractivity contribution in [2.75, 3.05) is 5.32 Å². The Labute approximate surface area is 146 Å². The van der Waals surface area contributed by atoms with Gasteiger partial charge < -0.3 is 9.84 Å². The number of rotatable bonds is 5. The van der Waals surface area contributed by atoms with E-state index in [9.17, 15) is 0 Å². The van der Waals surface area contributed by atoms with Crippen molar-refractivity contribution in [1.29, 1.82) is 0 Å². The Morgan fingerprint density at radius 3 is 2.96 bits per heavy atom. The maximum Gasteiger partial charge on any atom is 0.246 e. The molecule has 24 heavy (non-hydrogen) atoms. The van der Waals surface area contributed by atoms with E-state index in [0.717, 1.165) is 16.3 Å². The van der Waals surface area contributed by atoms with E-state index in [1.807, 2.05) is 48.0 Å². The second-order valence-electron chi connectivity index (χ2n) is 4.96. The summed E-state index contributed by atoms with van der Waals surface area (Å²) in [6, 6.07) is 11.4. The average molecular weight is 358 g/mol. The molecule has 120 valence electrons. The summed E-state index contributed by atoms with van der Waals surface area (Å²) in [6.07, 6.45) is 3.56. The molecule has 4 aromatic rings.